The van der Waals surface area contributed by atoms with Gasteiger partial charge in [0.25, 0.3) is 0 Å². The van der Waals surface area contributed by atoms with Crippen LogP contribution >= 0.6 is 0 Å². The molecule has 7 heteroatoms. The van der Waals surface area contributed by atoms with Crippen LogP contribution in [0.15, 0.2) is 18.2 Å². The summed E-state index contributed by atoms with van der Waals surface area (Å²) in [4.78, 5) is 26.4. The molecule has 1 aliphatic rings. The SMILES string of the molecule is CCOc1cccc2c1OCCCCCNC(=O)CN(C(=O)CCOC)C2. The van der Waals surface area contributed by atoms with Crippen molar-refractivity contribution >= 4 is 11.8 Å². The Bertz CT molecular complexity index is 620. The van der Waals surface area contributed by atoms with Crippen molar-refractivity contribution < 1.29 is 23.8 Å². The smallest absolute Gasteiger partial charge is 0.239 e. The first-order valence-corrected chi connectivity index (χ1v) is 9.56. The number of hydrogen-bond acceptors (Lipinski definition) is 5. The van der Waals surface area contributed by atoms with E-state index in [0.29, 0.717) is 37.9 Å². The average molecular weight is 378 g/mol. The Morgan fingerprint density at radius 3 is 2.89 bits per heavy atom. The van der Waals surface area contributed by atoms with E-state index in [2.05, 4.69) is 5.32 Å². The van der Waals surface area contributed by atoms with E-state index < -0.39 is 0 Å². The van der Waals surface area contributed by atoms with Crippen molar-refractivity contribution in [1.82, 2.24) is 10.2 Å². The normalized spacial score (nSPS) is 16.1. The molecule has 0 saturated carbocycles. The molecule has 0 radical (unpaired) electrons. The summed E-state index contributed by atoms with van der Waals surface area (Å²) in [6.45, 7) is 4.24. The number of ether oxygens (including phenoxy) is 3. The highest BCUT2D eigenvalue weighted by Gasteiger charge is 2.21. The van der Waals surface area contributed by atoms with Gasteiger partial charge in [-0.25, -0.2) is 0 Å². The molecule has 0 aliphatic carbocycles. The molecule has 0 saturated heterocycles. The summed E-state index contributed by atoms with van der Waals surface area (Å²) in [5.41, 5.74) is 0.832. The average Bonchev–Trinajstić information content (AvgIpc) is 2.67. The predicted molar refractivity (Wildman–Crippen MR) is 102 cm³/mol. The fourth-order valence-electron chi connectivity index (χ4n) is 2.94. The van der Waals surface area contributed by atoms with Crippen molar-refractivity contribution in [3.63, 3.8) is 0 Å². The second-order valence-corrected chi connectivity index (χ2v) is 6.43. The minimum absolute atomic E-state index is 0.0147. The number of para-hydroxylation sites is 1. The van der Waals surface area contributed by atoms with Crippen molar-refractivity contribution in [2.45, 2.75) is 39.2 Å². The number of amides is 2. The molecule has 2 rings (SSSR count). The number of hydrogen-bond donors (Lipinski definition) is 1. The van der Waals surface area contributed by atoms with Crippen LogP contribution in [0.2, 0.25) is 0 Å². The zero-order valence-electron chi connectivity index (χ0n) is 16.3. The third kappa shape index (κ3) is 6.75. The van der Waals surface area contributed by atoms with E-state index in [1.54, 1.807) is 12.0 Å². The molecule has 0 unspecified atom stereocenters. The van der Waals surface area contributed by atoms with Gasteiger partial charge in [0.05, 0.1) is 39.3 Å². The van der Waals surface area contributed by atoms with Gasteiger partial charge in [0, 0.05) is 19.2 Å². The standard InChI is InChI=1S/C20H30N2O5/c1-3-26-17-9-7-8-16-14-22(19(24)10-13-25-2)15-18(23)21-11-5-4-6-12-27-20(16)17/h7-9H,3-6,10-15H2,1-2H3,(H,21,23). The van der Waals surface area contributed by atoms with E-state index in [9.17, 15) is 9.59 Å². The zero-order chi connectivity index (χ0) is 19.5. The van der Waals surface area contributed by atoms with Gasteiger partial charge in [-0.2, -0.15) is 0 Å². The largest absolute Gasteiger partial charge is 0.490 e. The number of carbonyl (C=O) groups excluding carboxylic acids is 2. The summed E-state index contributed by atoms with van der Waals surface area (Å²) in [5, 5.41) is 2.89. The first-order chi connectivity index (χ1) is 13.2. The van der Waals surface area contributed by atoms with Crippen molar-refractivity contribution in [2.75, 3.05) is 40.0 Å². The molecule has 0 spiro atoms. The monoisotopic (exact) mass is 378 g/mol. The van der Waals surface area contributed by atoms with Crippen molar-refractivity contribution in [3.8, 4) is 11.5 Å². The van der Waals surface area contributed by atoms with Crippen LogP contribution in [0.5, 0.6) is 11.5 Å². The molecular formula is C20H30N2O5. The number of carbonyl (C=O) groups is 2. The zero-order valence-corrected chi connectivity index (χ0v) is 16.3. The van der Waals surface area contributed by atoms with Gasteiger partial charge >= 0.3 is 0 Å². The molecular weight excluding hydrogens is 348 g/mol. The number of rotatable bonds is 5. The van der Waals surface area contributed by atoms with Crippen molar-refractivity contribution in [1.29, 1.82) is 0 Å². The second-order valence-electron chi connectivity index (χ2n) is 6.43. The van der Waals surface area contributed by atoms with Crippen LogP contribution in [0.25, 0.3) is 0 Å². The van der Waals surface area contributed by atoms with Crippen molar-refractivity contribution in [3.05, 3.63) is 23.8 Å². The van der Waals surface area contributed by atoms with Crippen LogP contribution in [0, 0.1) is 0 Å². The summed E-state index contributed by atoms with van der Waals surface area (Å²) in [6, 6.07) is 5.65. The highest BCUT2D eigenvalue weighted by atomic mass is 16.5. The Hall–Kier alpha value is -2.28. The van der Waals surface area contributed by atoms with Gasteiger partial charge in [0.15, 0.2) is 11.5 Å². The first kappa shape index (κ1) is 21.0. The number of nitrogens with zero attached hydrogens (tertiary/aromatic N) is 1. The summed E-state index contributed by atoms with van der Waals surface area (Å²) in [5.74, 6) is 1.04. The fourth-order valence-corrected chi connectivity index (χ4v) is 2.94. The lowest BCUT2D eigenvalue weighted by atomic mass is 10.1. The Balaban J connectivity index is 2.29. The third-order valence-electron chi connectivity index (χ3n) is 4.32. The summed E-state index contributed by atoms with van der Waals surface area (Å²) in [7, 11) is 1.55. The minimum atomic E-state index is -0.150. The minimum Gasteiger partial charge on any atom is -0.490 e. The maximum Gasteiger partial charge on any atom is 0.239 e. The Morgan fingerprint density at radius 1 is 1.26 bits per heavy atom. The molecule has 0 atom stereocenters. The molecule has 2 amide bonds. The van der Waals surface area contributed by atoms with Crippen LogP contribution < -0.4 is 14.8 Å². The molecule has 150 valence electrons. The molecule has 7 nitrogen and oxygen atoms in total. The Labute approximate surface area is 161 Å². The number of fused-ring (bicyclic) bond motifs is 1. The predicted octanol–water partition coefficient (Wildman–Crippen LogP) is 2.13. The van der Waals surface area contributed by atoms with Gasteiger partial charge in [-0.3, -0.25) is 9.59 Å². The molecule has 1 N–H and O–H groups in total. The maximum atomic E-state index is 12.6. The van der Waals surface area contributed by atoms with Crippen LogP contribution in [0.4, 0.5) is 0 Å². The highest BCUT2D eigenvalue weighted by Crippen LogP contribution is 2.32. The van der Waals surface area contributed by atoms with E-state index in [0.717, 1.165) is 24.8 Å². The van der Waals surface area contributed by atoms with Gasteiger partial charge in [-0.05, 0) is 32.3 Å². The number of benzene rings is 1. The molecule has 0 fully saturated rings. The van der Waals surface area contributed by atoms with Crippen molar-refractivity contribution in [2.24, 2.45) is 0 Å². The van der Waals surface area contributed by atoms with Gasteiger partial charge in [0.2, 0.25) is 11.8 Å². The molecule has 1 aliphatic heterocycles. The maximum absolute atomic E-state index is 12.6. The van der Waals surface area contributed by atoms with Gasteiger partial charge in [-0.15, -0.1) is 0 Å². The van der Waals surface area contributed by atoms with Crippen LogP contribution in [-0.4, -0.2) is 56.7 Å². The van der Waals surface area contributed by atoms with Gasteiger partial charge < -0.3 is 24.4 Å². The lowest BCUT2D eigenvalue weighted by Crippen LogP contribution is -2.40. The molecule has 1 aromatic rings. The summed E-state index contributed by atoms with van der Waals surface area (Å²) < 4.78 is 16.7. The van der Waals surface area contributed by atoms with Gasteiger partial charge in [-0.1, -0.05) is 12.1 Å². The fraction of sp³-hybridized carbons (Fsp3) is 0.600. The van der Waals surface area contributed by atoms with E-state index in [4.69, 9.17) is 14.2 Å². The lowest BCUT2D eigenvalue weighted by molar-refractivity contribution is -0.137. The molecule has 27 heavy (non-hydrogen) atoms. The Morgan fingerprint density at radius 2 is 2.11 bits per heavy atom. The highest BCUT2D eigenvalue weighted by molar-refractivity contribution is 5.84. The summed E-state index contributed by atoms with van der Waals surface area (Å²) >= 11 is 0. The molecule has 1 aromatic carbocycles. The van der Waals surface area contributed by atoms with E-state index >= 15 is 0 Å². The quantitative estimate of drug-likeness (QED) is 0.849. The second kappa shape index (κ2) is 11.4. The molecule has 1 heterocycles. The van der Waals surface area contributed by atoms with E-state index in [1.165, 1.54) is 0 Å². The first-order valence-electron chi connectivity index (χ1n) is 9.56. The van der Waals surface area contributed by atoms with Crippen LogP contribution in [0.1, 0.15) is 38.2 Å². The topological polar surface area (TPSA) is 77.1 Å². The molecule has 0 aromatic heterocycles. The lowest BCUT2D eigenvalue weighted by Gasteiger charge is -2.24. The van der Waals surface area contributed by atoms with Crippen LogP contribution in [0.3, 0.4) is 0 Å². The van der Waals surface area contributed by atoms with Gasteiger partial charge in [0.1, 0.15) is 0 Å². The third-order valence-corrected chi connectivity index (χ3v) is 4.32. The Kier molecular flexibility index (Phi) is 8.91. The van der Waals surface area contributed by atoms with E-state index in [-0.39, 0.29) is 31.3 Å². The van der Waals surface area contributed by atoms with Crippen LogP contribution in [-0.2, 0) is 20.9 Å². The number of methoxy groups -OCH3 is 1. The van der Waals surface area contributed by atoms with E-state index in [1.807, 2.05) is 25.1 Å². The summed E-state index contributed by atoms with van der Waals surface area (Å²) in [6.07, 6.45) is 2.97. The number of nitrogens with one attached hydrogen (secondary N) is 1. The molecule has 0 bridgehead atoms.